The first-order valence-electron chi connectivity index (χ1n) is 5.86. The van der Waals surface area contributed by atoms with Gasteiger partial charge in [0.2, 0.25) is 0 Å². The van der Waals surface area contributed by atoms with Gasteiger partial charge in [0.05, 0.1) is 10.2 Å². The van der Waals surface area contributed by atoms with Crippen LogP contribution < -0.4 is 5.32 Å². The van der Waals surface area contributed by atoms with Crippen molar-refractivity contribution < 1.29 is 13.2 Å². The number of aromatic nitrogens is 1. The van der Waals surface area contributed by atoms with Gasteiger partial charge in [-0.15, -0.1) is 0 Å². The predicted molar refractivity (Wildman–Crippen MR) is 73.3 cm³/mol. The standard InChI is InChI=1S/C14H9F3N2S/c15-9-2-1-8(11(17)5-9)7-18-14-19-12-4-3-10(16)6-13(12)20-14/h1-6H,7H2,(H,18,19). The number of fused-ring (bicyclic) bond motifs is 1. The molecule has 2 nitrogen and oxygen atoms in total. The molecule has 1 heterocycles. The van der Waals surface area contributed by atoms with Crippen LogP contribution in [0.25, 0.3) is 10.2 Å². The lowest BCUT2D eigenvalue weighted by Gasteiger charge is -2.04. The van der Waals surface area contributed by atoms with Gasteiger partial charge >= 0.3 is 0 Å². The van der Waals surface area contributed by atoms with Gasteiger partial charge in [-0.2, -0.15) is 0 Å². The molecule has 0 aliphatic carbocycles. The van der Waals surface area contributed by atoms with Gasteiger partial charge in [-0.3, -0.25) is 0 Å². The molecule has 0 saturated heterocycles. The molecular weight excluding hydrogens is 285 g/mol. The van der Waals surface area contributed by atoms with Crippen LogP contribution in [0.1, 0.15) is 5.56 Å². The van der Waals surface area contributed by atoms with Crippen LogP contribution in [-0.4, -0.2) is 4.98 Å². The van der Waals surface area contributed by atoms with Gasteiger partial charge in [0.15, 0.2) is 5.13 Å². The zero-order valence-corrected chi connectivity index (χ0v) is 11.0. The first kappa shape index (κ1) is 12.9. The Balaban J connectivity index is 1.79. The summed E-state index contributed by atoms with van der Waals surface area (Å²) >= 11 is 1.28. The van der Waals surface area contributed by atoms with E-state index < -0.39 is 11.6 Å². The van der Waals surface area contributed by atoms with Crippen molar-refractivity contribution in [3.05, 3.63) is 59.4 Å². The highest BCUT2D eigenvalue weighted by molar-refractivity contribution is 7.22. The summed E-state index contributed by atoms with van der Waals surface area (Å²) in [6.07, 6.45) is 0. The van der Waals surface area contributed by atoms with Crippen molar-refractivity contribution in [1.29, 1.82) is 0 Å². The predicted octanol–water partition coefficient (Wildman–Crippen LogP) is 4.33. The molecule has 0 spiro atoms. The Morgan fingerprint density at radius 2 is 1.75 bits per heavy atom. The number of halogens is 3. The minimum absolute atomic E-state index is 0.189. The highest BCUT2D eigenvalue weighted by Crippen LogP contribution is 2.27. The third-order valence-corrected chi connectivity index (χ3v) is 3.77. The summed E-state index contributed by atoms with van der Waals surface area (Å²) in [6.45, 7) is 0.189. The third kappa shape index (κ3) is 2.60. The lowest BCUT2D eigenvalue weighted by Crippen LogP contribution is -2.01. The largest absolute Gasteiger partial charge is 0.357 e. The van der Waals surface area contributed by atoms with E-state index in [9.17, 15) is 13.2 Å². The van der Waals surface area contributed by atoms with E-state index in [1.807, 2.05) is 0 Å². The van der Waals surface area contributed by atoms with Crippen LogP contribution in [0.4, 0.5) is 18.3 Å². The average Bonchev–Trinajstić information content (AvgIpc) is 2.79. The van der Waals surface area contributed by atoms with Crippen molar-refractivity contribution in [3.8, 4) is 0 Å². The van der Waals surface area contributed by atoms with E-state index in [2.05, 4.69) is 10.3 Å². The highest BCUT2D eigenvalue weighted by Gasteiger charge is 2.07. The molecule has 20 heavy (non-hydrogen) atoms. The van der Waals surface area contributed by atoms with Gasteiger partial charge in [0, 0.05) is 18.2 Å². The SMILES string of the molecule is Fc1ccc(CNc2nc3ccc(F)cc3s2)c(F)c1. The van der Waals surface area contributed by atoms with E-state index in [1.165, 1.54) is 35.6 Å². The summed E-state index contributed by atoms with van der Waals surface area (Å²) in [7, 11) is 0. The van der Waals surface area contributed by atoms with Gasteiger partial charge in [-0.1, -0.05) is 17.4 Å². The van der Waals surface area contributed by atoms with Gasteiger partial charge < -0.3 is 5.32 Å². The van der Waals surface area contributed by atoms with Crippen molar-refractivity contribution in [3.63, 3.8) is 0 Å². The molecule has 1 aromatic heterocycles. The summed E-state index contributed by atoms with van der Waals surface area (Å²) in [5.41, 5.74) is 1.02. The van der Waals surface area contributed by atoms with Crippen LogP contribution in [-0.2, 0) is 6.54 Å². The zero-order chi connectivity index (χ0) is 14.1. The fraction of sp³-hybridized carbons (Fsp3) is 0.0714. The maximum absolute atomic E-state index is 13.5. The molecule has 3 rings (SSSR count). The molecule has 102 valence electrons. The third-order valence-electron chi connectivity index (χ3n) is 2.80. The molecule has 0 bridgehead atoms. The Labute approximate surface area is 116 Å². The number of nitrogens with one attached hydrogen (secondary N) is 1. The molecule has 0 aliphatic rings. The Hall–Kier alpha value is -2.08. The molecule has 2 aromatic carbocycles. The number of benzene rings is 2. The van der Waals surface area contributed by atoms with Crippen LogP contribution >= 0.6 is 11.3 Å². The number of nitrogens with zero attached hydrogens (tertiary/aromatic N) is 1. The number of rotatable bonds is 3. The molecule has 0 fully saturated rings. The van der Waals surface area contributed by atoms with Gasteiger partial charge in [-0.25, -0.2) is 18.2 Å². The van der Waals surface area contributed by atoms with E-state index in [1.54, 1.807) is 6.07 Å². The van der Waals surface area contributed by atoms with Gasteiger partial charge in [-0.05, 0) is 24.3 Å². The number of hydrogen-bond acceptors (Lipinski definition) is 3. The molecule has 1 N–H and O–H groups in total. The average molecular weight is 294 g/mol. The second-order valence-corrected chi connectivity index (χ2v) is 5.25. The van der Waals surface area contributed by atoms with Crippen molar-refractivity contribution in [1.82, 2.24) is 4.98 Å². The van der Waals surface area contributed by atoms with Gasteiger partial charge in [0.1, 0.15) is 17.5 Å². The van der Waals surface area contributed by atoms with E-state index in [0.717, 1.165) is 6.07 Å². The van der Waals surface area contributed by atoms with E-state index in [4.69, 9.17) is 0 Å². The summed E-state index contributed by atoms with van der Waals surface area (Å²) in [5.74, 6) is -1.54. The maximum Gasteiger partial charge on any atom is 0.184 e. The lowest BCUT2D eigenvalue weighted by molar-refractivity contribution is 0.574. The smallest absolute Gasteiger partial charge is 0.184 e. The van der Waals surface area contributed by atoms with Crippen molar-refractivity contribution in [2.45, 2.75) is 6.54 Å². The van der Waals surface area contributed by atoms with Crippen LogP contribution in [0.3, 0.4) is 0 Å². The molecule has 3 aromatic rings. The molecule has 0 atom stereocenters. The Bertz CT molecular complexity index is 770. The summed E-state index contributed by atoms with van der Waals surface area (Å²) in [4.78, 5) is 4.26. The second kappa shape index (κ2) is 5.13. The van der Waals surface area contributed by atoms with E-state index >= 15 is 0 Å². The molecule has 6 heteroatoms. The topological polar surface area (TPSA) is 24.9 Å². The summed E-state index contributed by atoms with van der Waals surface area (Å²) in [5, 5.41) is 3.52. The van der Waals surface area contributed by atoms with Crippen molar-refractivity contribution >= 4 is 26.7 Å². The highest BCUT2D eigenvalue weighted by atomic mass is 32.1. The van der Waals surface area contributed by atoms with E-state index in [-0.39, 0.29) is 12.4 Å². The maximum atomic E-state index is 13.5. The number of anilines is 1. The Morgan fingerprint density at radius 3 is 2.55 bits per heavy atom. The van der Waals surface area contributed by atoms with Crippen LogP contribution in [0.15, 0.2) is 36.4 Å². The van der Waals surface area contributed by atoms with Crippen LogP contribution in [0.5, 0.6) is 0 Å². The molecule has 0 amide bonds. The summed E-state index contributed by atoms with van der Waals surface area (Å²) < 4.78 is 40.0. The number of hydrogen-bond donors (Lipinski definition) is 1. The molecule has 0 saturated carbocycles. The van der Waals surface area contributed by atoms with E-state index in [0.29, 0.717) is 20.9 Å². The first-order valence-corrected chi connectivity index (χ1v) is 6.67. The summed E-state index contributed by atoms with van der Waals surface area (Å²) in [6, 6.07) is 7.75. The normalized spacial score (nSPS) is 10.9. The lowest BCUT2D eigenvalue weighted by atomic mass is 10.2. The molecule has 0 aliphatic heterocycles. The quantitative estimate of drug-likeness (QED) is 0.778. The van der Waals surface area contributed by atoms with Crippen LogP contribution in [0.2, 0.25) is 0 Å². The second-order valence-electron chi connectivity index (χ2n) is 4.22. The Morgan fingerprint density at radius 1 is 1.00 bits per heavy atom. The minimum Gasteiger partial charge on any atom is -0.357 e. The molecule has 0 unspecified atom stereocenters. The fourth-order valence-electron chi connectivity index (χ4n) is 1.81. The fourth-order valence-corrected chi connectivity index (χ4v) is 2.70. The number of thiazole rings is 1. The monoisotopic (exact) mass is 294 g/mol. The van der Waals surface area contributed by atoms with Gasteiger partial charge in [0.25, 0.3) is 0 Å². The van der Waals surface area contributed by atoms with Crippen LogP contribution in [0, 0.1) is 17.5 Å². The molecule has 0 radical (unpaired) electrons. The Kier molecular flexibility index (Phi) is 3.31. The first-order chi connectivity index (χ1) is 9.61. The zero-order valence-electron chi connectivity index (χ0n) is 10.2. The molecular formula is C14H9F3N2S. The van der Waals surface area contributed by atoms with Crippen molar-refractivity contribution in [2.24, 2.45) is 0 Å². The van der Waals surface area contributed by atoms with Crippen molar-refractivity contribution in [2.75, 3.05) is 5.32 Å². The minimum atomic E-state index is -0.610.